The molecule has 5 rings (SSSR count). The normalized spacial score (nSPS) is 27.0. The monoisotopic (exact) mass is 479 g/mol. The summed E-state index contributed by atoms with van der Waals surface area (Å²) in [6, 6.07) is 13.6. The van der Waals surface area contributed by atoms with E-state index in [0.717, 1.165) is 0 Å². The summed E-state index contributed by atoms with van der Waals surface area (Å²) in [6.45, 7) is 0. The Hall–Kier alpha value is -2.94. The van der Waals surface area contributed by atoms with Crippen LogP contribution >= 0.6 is 22.7 Å². The fourth-order valence-corrected chi connectivity index (χ4v) is 6.55. The number of amides is 1. The molecule has 3 heterocycles. The predicted octanol–water partition coefficient (Wildman–Crippen LogP) is 4.62. The maximum atomic E-state index is 13.8. The van der Waals surface area contributed by atoms with Crippen molar-refractivity contribution < 1.29 is 24.3 Å². The summed E-state index contributed by atoms with van der Waals surface area (Å²) in [5, 5.41) is 18.0. The van der Waals surface area contributed by atoms with E-state index >= 15 is 0 Å². The second kappa shape index (κ2) is 8.13. The van der Waals surface area contributed by atoms with Gasteiger partial charge in [-0.3, -0.25) is 19.2 Å². The quantitative estimate of drug-likeness (QED) is 0.532. The van der Waals surface area contributed by atoms with E-state index in [0.29, 0.717) is 21.0 Å². The second-order valence-electron chi connectivity index (χ2n) is 8.71. The molecule has 1 amide bonds. The van der Waals surface area contributed by atoms with Gasteiger partial charge in [0.2, 0.25) is 11.7 Å². The maximum Gasteiger partial charge on any atom is 0.225 e. The minimum absolute atomic E-state index is 0.0715. The smallest absolute Gasteiger partial charge is 0.225 e. The Morgan fingerprint density at radius 3 is 2.33 bits per heavy atom. The van der Waals surface area contributed by atoms with Gasteiger partial charge >= 0.3 is 0 Å². The van der Waals surface area contributed by atoms with E-state index in [1.807, 2.05) is 0 Å². The van der Waals surface area contributed by atoms with Gasteiger partial charge in [-0.05, 0) is 54.3 Å². The molecule has 1 saturated carbocycles. The van der Waals surface area contributed by atoms with Gasteiger partial charge in [-0.25, -0.2) is 0 Å². The van der Waals surface area contributed by atoms with Crippen LogP contribution in [0.2, 0.25) is 0 Å². The van der Waals surface area contributed by atoms with Crippen molar-refractivity contribution in [3.63, 3.8) is 0 Å². The molecule has 168 valence electrons. The first-order valence-corrected chi connectivity index (χ1v) is 12.4. The average Bonchev–Trinajstić information content (AvgIpc) is 3.52. The Balaban J connectivity index is 1.60. The molecule has 1 aliphatic carbocycles. The minimum atomic E-state index is -1.94. The zero-order valence-corrected chi connectivity index (χ0v) is 19.2. The lowest BCUT2D eigenvalue weighted by Crippen LogP contribution is -2.56. The molecule has 0 radical (unpaired) electrons. The van der Waals surface area contributed by atoms with Gasteiger partial charge in [0.1, 0.15) is 5.60 Å². The van der Waals surface area contributed by atoms with Crippen LogP contribution in [-0.2, 0) is 4.79 Å². The Morgan fingerprint density at radius 2 is 1.64 bits per heavy atom. The number of hydrogen-bond acceptors (Lipinski definition) is 7. The van der Waals surface area contributed by atoms with Crippen molar-refractivity contribution in [3.05, 3.63) is 74.6 Å². The molecule has 0 unspecified atom stereocenters. The van der Waals surface area contributed by atoms with E-state index in [1.54, 1.807) is 59.3 Å². The molecule has 8 heteroatoms. The van der Waals surface area contributed by atoms with Crippen LogP contribution in [0.1, 0.15) is 55.4 Å². The molecule has 0 saturated heterocycles. The third-order valence-corrected chi connectivity index (χ3v) is 8.55. The van der Waals surface area contributed by atoms with Crippen LogP contribution in [0.25, 0.3) is 0 Å². The topological polar surface area (TPSA) is 101 Å². The first-order chi connectivity index (χ1) is 15.8. The van der Waals surface area contributed by atoms with Crippen molar-refractivity contribution in [2.75, 3.05) is 5.32 Å². The molecule has 3 aromatic rings. The lowest BCUT2D eigenvalue weighted by molar-refractivity contribution is -0.119. The van der Waals surface area contributed by atoms with E-state index in [4.69, 9.17) is 0 Å². The number of Topliss-reactive ketones (excluding diaryl/α,β-unsaturated/α-hetero) is 3. The van der Waals surface area contributed by atoms with Gasteiger partial charge in [0.25, 0.3) is 0 Å². The standard InChI is InChI=1S/C25H21NO5S2/c27-20-14-24(22(29)15-5-1-2-6-17(15)26-20)9-10-25(31,23(30)19-8-4-12-33-19)16(13-24)21(28)18-7-3-11-32-18/h1-8,11-12,16,31H,9-10,13-14H2,(H,26,27)/t16-,24+,25-/m1/s1. The molecule has 2 N–H and O–H groups in total. The first-order valence-electron chi connectivity index (χ1n) is 10.7. The minimum Gasteiger partial charge on any atom is -0.381 e. The number of benzene rings is 1. The summed E-state index contributed by atoms with van der Waals surface area (Å²) in [5.41, 5.74) is -2.28. The van der Waals surface area contributed by atoms with Gasteiger partial charge < -0.3 is 10.4 Å². The van der Waals surface area contributed by atoms with Crippen molar-refractivity contribution in [2.24, 2.45) is 11.3 Å². The lowest BCUT2D eigenvalue weighted by Gasteiger charge is -2.46. The van der Waals surface area contributed by atoms with E-state index < -0.39 is 22.7 Å². The Kier molecular flexibility index (Phi) is 5.39. The second-order valence-corrected chi connectivity index (χ2v) is 10.6. The Labute approximate surface area is 198 Å². The number of anilines is 1. The molecule has 33 heavy (non-hydrogen) atoms. The van der Waals surface area contributed by atoms with E-state index in [2.05, 4.69) is 5.32 Å². The number of carbonyl (C=O) groups excluding carboxylic acids is 4. The summed E-state index contributed by atoms with van der Waals surface area (Å²) in [5.74, 6) is -2.56. The first kappa shape index (κ1) is 21.9. The van der Waals surface area contributed by atoms with Gasteiger partial charge in [0.05, 0.1) is 21.4 Å². The summed E-state index contributed by atoms with van der Waals surface area (Å²) < 4.78 is 0. The number of aliphatic hydroxyl groups is 1. The van der Waals surface area contributed by atoms with Crippen LogP contribution in [0, 0.1) is 11.3 Å². The van der Waals surface area contributed by atoms with Crippen LogP contribution in [0.5, 0.6) is 0 Å². The summed E-state index contributed by atoms with van der Waals surface area (Å²) in [7, 11) is 0. The van der Waals surface area contributed by atoms with Crippen LogP contribution in [0.3, 0.4) is 0 Å². The number of fused-ring (bicyclic) bond motifs is 1. The van der Waals surface area contributed by atoms with Gasteiger partial charge in [-0.1, -0.05) is 24.3 Å². The van der Waals surface area contributed by atoms with Crippen molar-refractivity contribution in [2.45, 2.75) is 31.3 Å². The zero-order chi connectivity index (χ0) is 23.2. The fraction of sp³-hybridized carbons (Fsp3) is 0.280. The van der Waals surface area contributed by atoms with Gasteiger partial charge in [-0.2, -0.15) is 0 Å². The lowest BCUT2D eigenvalue weighted by atomic mass is 9.57. The van der Waals surface area contributed by atoms with Crippen LogP contribution in [0.4, 0.5) is 5.69 Å². The number of hydrogen-bond donors (Lipinski definition) is 2. The van der Waals surface area contributed by atoms with Crippen molar-refractivity contribution in [3.8, 4) is 0 Å². The highest BCUT2D eigenvalue weighted by Gasteiger charge is 2.59. The number of nitrogens with one attached hydrogen (secondary N) is 1. The molecule has 3 atom stereocenters. The van der Waals surface area contributed by atoms with E-state index in [1.165, 1.54) is 22.7 Å². The highest BCUT2D eigenvalue weighted by molar-refractivity contribution is 7.12. The zero-order valence-electron chi connectivity index (χ0n) is 17.6. The number of ketones is 3. The SMILES string of the molecule is O=C1C[C@@]2(CC[C@](O)(C(=O)c3cccs3)[C@@H](C(=O)c3cccs3)C2)C(=O)c2ccccc2N1. The van der Waals surface area contributed by atoms with E-state index in [9.17, 15) is 24.3 Å². The Bertz CT molecular complexity index is 1250. The maximum absolute atomic E-state index is 13.8. The number of thiophene rings is 2. The van der Waals surface area contributed by atoms with Gasteiger partial charge in [0, 0.05) is 17.4 Å². The fourth-order valence-electron chi connectivity index (χ4n) is 5.08. The molecular weight excluding hydrogens is 458 g/mol. The van der Waals surface area contributed by atoms with Gasteiger partial charge in [0.15, 0.2) is 11.6 Å². The van der Waals surface area contributed by atoms with Crippen molar-refractivity contribution in [1.82, 2.24) is 0 Å². The molecule has 2 aromatic heterocycles. The molecule has 1 fully saturated rings. The number of carbonyl (C=O) groups is 4. The molecule has 2 aliphatic rings. The highest BCUT2D eigenvalue weighted by atomic mass is 32.1. The van der Waals surface area contributed by atoms with Crippen molar-refractivity contribution >= 4 is 51.6 Å². The molecule has 1 aliphatic heterocycles. The highest BCUT2D eigenvalue weighted by Crippen LogP contribution is 2.52. The molecular formula is C25H21NO5S2. The average molecular weight is 480 g/mol. The summed E-state index contributed by atoms with van der Waals surface area (Å²) in [4.78, 5) is 54.3. The van der Waals surface area contributed by atoms with Gasteiger partial charge in [-0.15, -0.1) is 22.7 Å². The molecule has 6 nitrogen and oxygen atoms in total. The molecule has 0 bridgehead atoms. The largest absolute Gasteiger partial charge is 0.381 e. The Morgan fingerprint density at radius 1 is 0.939 bits per heavy atom. The van der Waals surface area contributed by atoms with Crippen LogP contribution in [0.15, 0.2) is 59.3 Å². The third-order valence-electron chi connectivity index (χ3n) is 6.80. The van der Waals surface area contributed by atoms with Crippen LogP contribution < -0.4 is 5.32 Å². The number of para-hydroxylation sites is 1. The van der Waals surface area contributed by atoms with Crippen LogP contribution in [-0.4, -0.2) is 34.0 Å². The molecule has 1 aromatic carbocycles. The predicted molar refractivity (Wildman–Crippen MR) is 126 cm³/mol. The number of rotatable bonds is 4. The van der Waals surface area contributed by atoms with Crippen molar-refractivity contribution in [1.29, 1.82) is 0 Å². The van der Waals surface area contributed by atoms with E-state index in [-0.39, 0.29) is 43.2 Å². The summed E-state index contributed by atoms with van der Waals surface area (Å²) >= 11 is 2.44. The molecule has 1 spiro atoms. The third kappa shape index (κ3) is 3.58. The summed E-state index contributed by atoms with van der Waals surface area (Å²) in [6.07, 6.45) is -0.113.